The van der Waals surface area contributed by atoms with E-state index in [0.29, 0.717) is 30.2 Å². The molecule has 3 rings (SSSR count). The number of anilines is 2. The molecule has 0 unspecified atom stereocenters. The number of methoxy groups -OCH3 is 1. The number of carbonyl (C=O) groups excluding carboxylic acids is 1. The molecular formula is C21H21N3O4. The molecule has 2 N–H and O–H groups in total. The van der Waals surface area contributed by atoms with Crippen molar-refractivity contribution in [2.45, 2.75) is 0 Å². The third-order valence-electron chi connectivity index (χ3n) is 4.38. The Morgan fingerprint density at radius 3 is 2.57 bits per heavy atom. The van der Waals surface area contributed by atoms with Crippen LogP contribution in [0.5, 0.6) is 11.5 Å². The molecule has 1 heterocycles. The molecule has 2 aromatic rings. The summed E-state index contributed by atoms with van der Waals surface area (Å²) in [5.41, 5.74) is 2.11. The Labute approximate surface area is 163 Å². The summed E-state index contributed by atoms with van der Waals surface area (Å²) in [5.74, 6) is -0.259. The Bertz CT molecular complexity index is 910. The molecule has 7 nitrogen and oxygen atoms in total. The first-order valence-corrected chi connectivity index (χ1v) is 8.83. The standard InChI is InChI=1S/C21H21N3O4/c1-27-20-7-2-15(13-19(20)25)12-16(14-22)21(26)23-17-3-5-18(6-4-17)24-8-10-28-11-9-24/h2-7,12-13,25H,8-11H2,1H3,(H,23,26). The van der Waals surface area contributed by atoms with E-state index in [1.807, 2.05) is 18.2 Å². The van der Waals surface area contributed by atoms with Gasteiger partial charge in [-0.05, 0) is 48.0 Å². The summed E-state index contributed by atoms with van der Waals surface area (Å²) >= 11 is 0. The molecule has 0 spiro atoms. The zero-order valence-electron chi connectivity index (χ0n) is 15.5. The SMILES string of the molecule is COc1ccc(C=C(C#N)C(=O)Nc2ccc(N3CCOCC3)cc2)cc1O. The zero-order valence-corrected chi connectivity index (χ0v) is 15.5. The fraction of sp³-hybridized carbons (Fsp3) is 0.238. The summed E-state index contributed by atoms with van der Waals surface area (Å²) in [6.45, 7) is 3.08. The van der Waals surface area contributed by atoms with Gasteiger partial charge in [-0.15, -0.1) is 0 Å². The van der Waals surface area contributed by atoms with Crippen LogP contribution < -0.4 is 15.0 Å². The fourth-order valence-corrected chi connectivity index (χ4v) is 2.89. The topological polar surface area (TPSA) is 94.8 Å². The van der Waals surface area contributed by atoms with Gasteiger partial charge >= 0.3 is 0 Å². The van der Waals surface area contributed by atoms with Crippen LogP contribution in [0.3, 0.4) is 0 Å². The fourth-order valence-electron chi connectivity index (χ4n) is 2.89. The molecule has 1 saturated heterocycles. The molecule has 0 atom stereocenters. The average Bonchev–Trinajstić information content (AvgIpc) is 2.73. The lowest BCUT2D eigenvalue weighted by Crippen LogP contribution is -2.36. The Balaban J connectivity index is 1.70. The highest BCUT2D eigenvalue weighted by molar-refractivity contribution is 6.09. The number of phenolic OH excluding ortho intramolecular Hbond substituents is 1. The second-order valence-corrected chi connectivity index (χ2v) is 6.20. The third kappa shape index (κ3) is 4.61. The number of nitriles is 1. The van der Waals surface area contributed by atoms with E-state index >= 15 is 0 Å². The van der Waals surface area contributed by atoms with E-state index in [1.165, 1.54) is 19.3 Å². The minimum Gasteiger partial charge on any atom is -0.504 e. The number of carbonyl (C=O) groups is 1. The van der Waals surface area contributed by atoms with Gasteiger partial charge in [0.05, 0.1) is 20.3 Å². The van der Waals surface area contributed by atoms with Crippen LogP contribution in [-0.2, 0) is 9.53 Å². The van der Waals surface area contributed by atoms with E-state index in [1.54, 1.807) is 24.3 Å². The van der Waals surface area contributed by atoms with Crippen molar-refractivity contribution in [1.29, 1.82) is 5.26 Å². The number of phenols is 1. The number of nitrogens with one attached hydrogen (secondary N) is 1. The number of rotatable bonds is 5. The molecule has 2 aromatic carbocycles. The molecule has 1 aliphatic rings. The predicted molar refractivity (Wildman–Crippen MR) is 106 cm³/mol. The van der Waals surface area contributed by atoms with Crippen LogP contribution in [0.2, 0.25) is 0 Å². The van der Waals surface area contributed by atoms with Crippen molar-refractivity contribution >= 4 is 23.4 Å². The van der Waals surface area contributed by atoms with Crippen LogP contribution in [0.15, 0.2) is 48.0 Å². The van der Waals surface area contributed by atoms with Crippen molar-refractivity contribution in [3.63, 3.8) is 0 Å². The van der Waals surface area contributed by atoms with Gasteiger partial charge in [0.15, 0.2) is 11.5 Å². The van der Waals surface area contributed by atoms with Crippen molar-refractivity contribution in [2.24, 2.45) is 0 Å². The second-order valence-electron chi connectivity index (χ2n) is 6.20. The van der Waals surface area contributed by atoms with Crippen LogP contribution in [-0.4, -0.2) is 44.4 Å². The number of morpholine rings is 1. The maximum absolute atomic E-state index is 12.4. The van der Waals surface area contributed by atoms with Crippen molar-refractivity contribution in [3.05, 3.63) is 53.6 Å². The van der Waals surface area contributed by atoms with E-state index in [2.05, 4.69) is 10.2 Å². The summed E-state index contributed by atoms with van der Waals surface area (Å²) in [7, 11) is 1.45. The number of hydrogen-bond acceptors (Lipinski definition) is 6. The van der Waals surface area contributed by atoms with E-state index in [0.717, 1.165) is 18.8 Å². The van der Waals surface area contributed by atoms with Crippen molar-refractivity contribution < 1.29 is 19.4 Å². The van der Waals surface area contributed by atoms with Crippen LogP contribution >= 0.6 is 0 Å². The van der Waals surface area contributed by atoms with Gasteiger partial charge in [0.25, 0.3) is 5.91 Å². The first-order valence-electron chi connectivity index (χ1n) is 8.83. The van der Waals surface area contributed by atoms with E-state index in [4.69, 9.17) is 9.47 Å². The highest BCUT2D eigenvalue weighted by Crippen LogP contribution is 2.27. The van der Waals surface area contributed by atoms with Gasteiger partial charge in [-0.3, -0.25) is 4.79 Å². The molecule has 0 radical (unpaired) electrons. The van der Waals surface area contributed by atoms with E-state index < -0.39 is 5.91 Å². The van der Waals surface area contributed by atoms with E-state index in [9.17, 15) is 15.2 Å². The molecule has 1 fully saturated rings. The third-order valence-corrected chi connectivity index (χ3v) is 4.38. The van der Waals surface area contributed by atoms with Crippen molar-refractivity contribution in [3.8, 4) is 17.6 Å². The molecule has 1 aliphatic heterocycles. The molecule has 0 aliphatic carbocycles. The number of amides is 1. The Morgan fingerprint density at radius 1 is 1.25 bits per heavy atom. The average molecular weight is 379 g/mol. The Hall–Kier alpha value is -3.50. The number of benzene rings is 2. The van der Waals surface area contributed by atoms with E-state index in [-0.39, 0.29) is 11.3 Å². The smallest absolute Gasteiger partial charge is 0.266 e. The van der Waals surface area contributed by atoms with Gasteiger partial charge < -0.3 is 24.8 Å². The first kappa shape index (κ1) is 19.3. The lowest BCUT2D eigenvalue weighted by atomic mass is 10.1. The van der Waals surface area contributed by atoms with Crippen molar-refractivity contribution in [1.82, 2.24) is 0 Å². The number of hydrogen-bond donors (Lipinski definition) is 2. The number of nitrogens with zero attached hydrogens (tertiary/aromatic N) is 2. The molecule has 0 saturated carbocycles. The summed E-state index contributed by atoms with van der Waals surface area (Å²) in [6, 6.07) is 14.0. The summed E-state index contributed by atoms with van der Waals surface area (Å²) in [4.78, 5) is 14.6. The molecule has 0 bridgehead atoms. The Morgan fingerprint density at radius 2 is 1.96 bits per heavy atom. The maximum Gasteiger partial charge on any atom is 0.266 e. The summed E-state index contributed by atoms with van der Waals surface area (Å²) in [6.07, 6.45) is 1.41. The largest absolute Gasteiger partial charge is 0.504 e. The molecule has 1 amide bonds. The lowest BCUT2D eigenvalue weighted by Gasteiger charge is -2.28. The monoisotopic (exact) mass is 379 g/mol. The zero-order chi connectivity index (χ0) is 19.9. The quantitative estimate of drug-likeness (QED) is 0.613. The molecule has 28 heavy (non-hydrogen) atoms. The normalized spacial score (nSPS) is 14.3. The summed E-state index contributed by atoms with van der Waals surface area (Å²) in [5, 5.41) is 21.9. The van der Waals surface area contributed by atoms with Crippen LogP contribution in [0.1, 0.15) is 5.56 Å². The minimum atomic E-state index is -0.517. The lowest BCUT2D eigenvalue weighted by molar-refractivity contribution is -0.112. The maximum atomic E-state index is 12.4. The van der Waals surface area contributed by atoms with Crippen LogP contribution in [0.4, 0.5) is 11.4 Å². The molecule has 7 heteroatoms. The van der Waals surface area contributed by atoms with Gasteiger partial charge in [0.2, 0.25) is 0 Å². The van der Waals surface area contributed by atoms with Gasteiger partial charge in [-0.1, -0.05) is 6.07 Å². The highest BCUT2D eigenvalue weighted by atomic mass is 16.5. The Kier molecular flexibility index (Phi) is 6.14. The van der Waals surface area contributed by atoms with Gasteiger partial charge in [-0.2, -0.15) is 5.26 Å². The van der Waals surface area contributed by atoms with Crippen LogP contribution in [0, 0.1) is 11.3 Å². The van der Waals surface area contributed by atoms with Gasteiger partial charge in [0, 0.05) is 24.5 Å². The molecule has 144 valence electrons. The molecular weight excluding hydrogens is 358 g/mol. The van der Waals surface area contributed by atoms with Crippen LogP contribution in [0.25, 0.3) is 6.08 Å². The minimum absolute atomic E-state index is 0.0624. The first-order chi connectivity index (χ1) is 13.6. The van der Waals surface area contributed by atoms with Crippen molar-refractivity contribution in [2.75, 3.05) is 43.6 Å². The molecule has 0 aromatic heterocycles. The highest BCUT2D eigenvalue weighted by Gasteiger charge is 2.13. The van der Waals surface area contributed by atoms with Gasteiger partial charge in [0.1, 0.15) is 11.6 Å². The van der Waals surface area contributed by atoms with Gasteiger partial charge in [-0.25, -0.2) is 0 Å². The number of ether oxygens (including phenoxy) is 2. The summed E-state index contributed by atoms with van der Waals surface area (Å²) < 4.78 is 10.3. The predicted octanol–water partition coefficient (Wildman–Crippen LogP) is 2.78. The second kappa shape index (κ2) is 8.93. The number of aromatic hydroxyl groups is 1.